The Labute approximate surface area is 221 Å². The number of amides is 1. The van der Waals surface area contributed by atoms with Crippen molar-refractivity contribution in [3.05, 3.63) is 70.8 Å². The first kappa shape index (κ1) is 26.6. The monoisotopic (exact) mass is 527 g/mol. The Morgan fingerprint density at radius 2 is 2.08 bits per heavy atom. The zero-order valence-electron chi connectivity index (χ0n) is 21.3. The maximum Gasteiger partial charge on any atom is 0.251 e. The SMILES string of the molecule is C=C(C)N(C)CCNC(=O)c1cc(C(C)Oc2ccc(Cl)c(F)c2)c2nc(N3CCOCC3)cnc2c1. The quantitative estimate of drug-likeness (QED) is 0.436. The standard InChI is InChI=1S/C27H31ClFN5O3/c1-17(2)33(4)8-7-30-27(35)19-13-21(18(3)37-20-5-6-22(28)23(29)15-20)26-24(14-19)31-16-25(32-26)34-9-11-36-12-10-34/h5-6,13-16,18H,1,7-12H2,2-4H3,(H,30,35). The number of fused-ring (bicyclic) bond motifs is 1. The van der Waals surface area contributed by atoms with E-state index in [1.807, 2.05) is 25.8 Å². The van der Waals surface area contributed by atoms with E-state index in [2.05, 4.69) is 21.8 Å². The van der Waals surface area contributed by atoms with E-state index in [-0.39, 0.29) is 10.9 Å². The van der Waals surface area contributed by atoms with Crippen LogP contribution in [0.3, 0.4) is 0 Å². The molecule has 1 N–H and O–H groups in total. The molecule has 2 aromatic carbocycles. The molecule has 1 saturated heterocycles. The van der Waals surface area contributed by atoms with Crippen LogP contribution in [0.1, 0.15) is 35.9 Å². The van der Waals surface area contributed by atoms with Gasteiger partial charge in [-0.05, 0) is 38.1 Å². The van der Waals surface area contributed by atoms with Gasteiger partial charge in [-0.15, -0.1) is 0 Å². The summed E-state index contributed by atoms with van der Waals surface area (Å²) in [5.41, 5.74) is 3.20. The van der Waals surface area contributed by atoms with Gasteiger partial charge in [0.25, 0.3) is 5.91 Å². The summed E-state index contributed by atoms with van der Waals surface area (Å²) < 4.78 is 25.5. The summed E-state index contributed by atoms with van der Waals surface area (Å²) in [6.07, 6.45) is 1.15. The van der Waals surface area contributed by atoms with Crippen LogP contribution < -0.4 is 15.0 Å². The Morgan fingerprint density at radius 3 is 2.78 bits per heavy atom. The van der Waals surface area contributed by atoms with Crippen molar-refractivity contribution in [1.82, 2.24) is 20.2 Å². The second-order valence-electron chi connectivity index (χ2n) is 9.01. The highest BCUT2D eigenvalue weighted by molar-refractivity contribution is 6.30. The van der Waals surface area contributed by atoms with Crippen LogP contribution in [0.4, 0.5) is 10.2 Å². The molecule has 4 rings (SSSR count). The van der Waals surface area contributed by atoms with Gasteiger partial charge in [0.05, 0.1) is 35.5 Å². The van der Waals surface area contributed by atoms with Crippen LogP contribution in [-0.4, -0.2) is 67.2 Å². The minimum Gasteiger partial charge on any atom is -0.486 e. The number of halogens is 2. The summed E-state index contributed by atoms with van der Waals surface area (Å²) >= 11 is 5.82. The number of likely N-dealkylation sites (N-methyl/N-ethyl adjacent to an activating group) is 1. The van der Waals surface area contributed by atoms with Crippen LogP contribution >= 0.6 is 11.6 Å². The Bertz CT molecular complexity index is 1300. The van der Waals surface area contributed by atoms with Crippen molar-refractivity contribution in [2.24, 2.45) is 0 Å². The van der Waals surface area contributed by atoms with E-state index in [1.54, 1.807) is 24.4 Å². The average molecular weight is 528 g/mol. The van der Waals surface area contributed by atoms with Crippen molar-refractivity contribution >= 4 is 34.4 Å². The van der Waals surface area contributed by atoms with Crippen LogP contribution in [0, 0.1) is 5.82 Å². The van der Waals surface area contributed by atoms with Crippen molar-refractivity contribution in [2.75, 3.05) is 51.3 Å². The number of nitrogens with one attached hydrogen (secondary N) is 1. The molecule has 0 radical (unpaired) electrons. The third-order valence-corrected chi connectivity index (χ3v) is 6.59. The summed E-state index contributed by atoms with van der Waals surface area (Å²) in [4.78, 5) is 26.6. The zero-order chi connectivity index (χ0) is 26.5. The van der Waals surface area contributed by atoms with Gasteiger partial charge in [0.2, 0.25) is 0 Å². The number of hydrogen-bond donors (Lipinski definition) is 1. The fourth-order valence-corrected chi connectivity index (χ4v) is 4.08. The minimum atomic E-state index is -0.571. The molecule has 3 aromatic rings. The summed E-state index contributed by atoms with van der Waals surface area (Å²) in [5.74, 6) is 0.236. The molecule has 1 atom stereocenters. The molecule has 1 aliphatic rings. The highest BCUT2D eigenvalue weighted by Crippen LogP contribution is 2.30. The Kier molecular flexibility index (Phi) is 8.45. The molecule has 1 unspecified atom stereocenters. The molecule has 0 spiro atoms. The van der Waals surface area contributed by atoms with E-state index in [1.165, 1.54) is 12.1 Å². The van der Waals surface area contributed by atoms with Gasteiger partial charge in [-0.2, -0.15) is 0 Å². The Hall–Kier alpha value is -3.43. The van der Waals surface area contributed by atoms with Gasteiger partial charge in [-0.3, -0.25) is 9.78 Å². The number of allylic oxidation sites excluding steroid dienone is 1. The largest absolute Gasteiger partial charge is 0.486 e. The predicted molar refractivity (Wildman–Crippen MR) is 143 cm³/mol. The molecule has 2 heterocycles. The molecule has 37 heavy (non-hydrogen) atoms. The Balaban J connectivity index is 1.66. The first-order valence-corrected chi connectivity index (χ1v) is 12.5. The van der Waals surface area contributed by atoms with Gasteiger partial charge in [0, 0.05) is 56.1 Å². The number of ether oxygens (including phenoxy) is 2. The first-order valence-electron chi connectivity index (χ1n) is 12.1. The highest BCUT2D eigenvalue weighted by atomic mass is 35.5. The normalized spacial score (nSPS) is 14.4. The first-order chi connectivity index (χ1) is 17.7. The van der Waals surface area contributed by atoms with Crippen LogP contribution in [-0.2, 0) is 4.74 Å². The van der Waals surface area contributed by atoms with E-state index in [4.69, 9.17) is 26.1 Å². The lowest BCUT2D eigenvalue weighted by molar-refractivity contribution is 0.0951. The molecular formula is C27H31ClFN5O3. The number of hydrogen-bond acceptors (Lipinski definition) is 7. The van der Waals surface area contributed by atoms with E-state index in [0.717, 1.165) is 11.5 Å². The molecule has 0 aliphatic carbocycles. The molecule has 1 amide bonds. The maximum absolute atomic E-state index is 14.0. The third kappa shape index (κ3) is 6.47. The fraction of sp³-hybridized carbons (Fsp3) is 0.370. The predicted octanol–water partition coefficient (Wildman–Crippen LogP) is 4.59. The number of carbonyl (C=O) groups is 1. The second kappa shape index (κ2) is 11.7. The molecule has 0 bridgehead atoms. The van der Waals surface area contributed by atoms with Crippen molar-refractivity contribution in [2.45, 2.75) is 20.0 Å². The van der Waals surface area contributed by atoms with Crippen molar-refractivity contribution in [3.63, 3.8) is 0 Å². The lowest BCUT2D eigenvalue weighted by atomic mass is 10.0. The molecule has 1 aliphatic heterocycles. The number of carbonyl (C=O) groups excluding carboxylic acids is 1. The van der Waals surface area contributed by atoms with E-state index in [0.29, 0.717) is 67.3 Å². The molecule has 8 nitrogen and oxygen atoms in total. The summed E-state index contributed by atoms with van der Waals surface area (Å²) in [6, 6.07) is 7.76. The van der Waals surface area contributed by atoms with Crippen LogP contribution in [0.15, 0.2) is 48.8 Å². The minimum absolute atomic E-state index is 0.0161. The van der Waals surface area contributed by atoms with Gasteiger partial charge >= 0.3 is 0 Å². The van der Waals surface area contributed by atoms with Crippen molar-refractivity contribution in [3.8, 4) is 5.75 Å². The number of rotatable bonds is 9. The second-order valence-corrected chi connectivity index (χ2v) is 9.42. The number of anilines is 1. The fourth-order valence-electron chi connectivity index (χ4n) is 3.97. The number of benzene rings is 2. The number of nitrogens with zero attached hydrogens (tertiary/aromatic N) is 4. The zero-order valence-corrected chi connectivity index (χ0v) is 22.0. The lowest BCUT2D eigenvalue weighted by Crippen LogP contribution is -2.36. The van der Waals surface area contributed by atoms with E-state index < -0.39 is 11.9 Å². The molecular weight excluding hydrogens is 497 g/mol. The van der Waals surface area contributed by atoms with E-state index >= 15 is 0 Å². The molecule has 1 fully saturated rings. The average Bonchev–Trinajstić information content (AvgIpc) is 2.90. The van der Waals surface area contributed by atoms with Crippen LogP contribution in [0.2, 0.25) is 5.02 Å². The van der Waals surface area contributed by atoms with Gasteiger partial charge < -0.3 is 24.6 Å². The molecule has 0 saturated carbocycles. The molecule has 196 valence electrons. The topological polar surface area (TPSA) is 79.8 Å². The van der Waals surface area contributed by atoms with Gasteiger partial charge in [-0.1, -0.05) is 18.2 Å². The van der Waals surface area contributed by atoms with Gasteiger partial charge in [0.1, 0.15) is 23.5 Å². The molecule has 1 aromatic heterocycles. The number of aromatic nitrogens is 2. The smallest absolute Gasteiger partial charge is 0.251 e. The lowest BCUT2D eigenvalue weighted by Gasteiger charge is -2.28. The number of morpholine rings is 1. The summed E-state index contributed by atoms with van der Waals surface area (Å²) in [7, 11) is 1.92. The van der Waals surface area contributed by atoms with Crippen LogP contribution in [0.5, 0.6) is 5.75 Å². The van der Waals surface area contributed by atoms with Gasteiger partial charge in [0.15, 0.2) is 0 Å². The Morgan fingerprint density at radius 1 is 1.32 bits per heavy atom. The van der Waals surface area contributed by atoms with Gasteiger partial charge in [-0.25, -0.2) is 9.37 Å². The molecule has 10 heteroatoms. The van der Waals surface area contributed by atoms with Crippen LogP contribution in [0.25, 0.3) is 11.0 Å². The third-order valence-electron chi connectivity index (χ3n) is 6.29. The summed E-state index contributed by atoms with van der Waals surface area (Å²) in [5, 5.41) is 2.96. The summed E-state index contributed by atoms with van der Waals surface area (Å²) in [6.45, 7) is 11.4. The highest BCUT2D eigenvalue weighted by Gasteiger charge is 2.21. The maximum atomic E-state index is 14.0. The van der Waals surface area contributed by atoms with E-state index in [9.17, 15) is 9.18 Å². The van der Waals surface area contributed by atoms with Crippen molar-refractivity contribution < 1.29 is 18.7 Å². The van der Waals surface area contributed by atoms with Crippen molar-refractivity contribution in [1.29, 1.82) is 0 Å².